The number of ether oxygens (including phenoxy) is 1. The van der Waals surface area contributed by atoms with Gasteiger partial charge >= 0.3 is 11.9 Å². The maximum absolute atomic E-state index is 12.8. The average molecular weight is 538 g/mol. The van der Waals surface area contributed by atoms with Crippen LogP contribution >= 0.6 is 0 Å². The molecule has 0 heterocycles. The topological polar surface area (TPSA) is 110 Å². The van der Waals surface area contributed by atoms with Crippen molar-refractivity contribution in [2.75, 3.05) is 0 Å². The highest BCUT2D eigenvalue weighted by Gasteiger charge is 2.61. The zero-order valence-corrected chi connectivity index (χ0v) is 23.3. The molecule has 0 aromatic heterocycles. The lowest BCUT2D eigenvalue weighted by atomic mass is 9.45. The van der Waals surface area contributed by atoms with Crippen molar-refractivity contribution >= 4 is 23.6 Å². The fourth-order valence-electron chi connectivity index (χ4n) is 8.94. The first-order valence-electron chi connectivity index (χ1n) is 14.9. The van der Waals surface area contributed by atoms with Crippen molar-refractivity contribution < 1.29 is 29.0 Å². The molecule has 5 rings (SSSR count). The monoisotopic (exact) mass is 537 g/mol. The molecule has 4 saturated carbocycles. The van der Waals surface area contributed by atoms with Crippen LogP contribution in [0.4, 0.5) is 0 Å². The Morgan fingerprint density at radius 1 is 0.974 bits per heavy atom. The molecular weight excluding hydrogens is 494 g/mol. The smallest absolute Gasteiger partial charge is 0.326 e. The van der Waals surface area contributed by atoms with Gasteiger partial charge in [-0.25, -0.2) is 4.79 Å². The molecule has 4 aliphatic rings. The van der Waals surface area contributed by atoms with Crippen molar-refractivity contribution in [2.24, 2.45) is 34.5 Å². The number of benzene rings is 1. The van der Waals surface area contributed by atoms with Crippen molar-refractivity contribution in [1.29, 1.82) is 0 Å². The zero-order valence-electron chi connectivity index (χ0n) is 23.3. The number of nitrogens with one attached hydrogen (secondary N) is 1. The summed E-state index contributed by atoms with van der Waals surface area (Å²) < 4.78 is 6.03. The molecule has 0 radical (unpaired) electrons. The third-order valence-corrected chi connectivity index (χ3v) is 11.1. The molecule has 0 saturated heterocycles. The van der Waals surface area contributed by atoms with Gasteiger partial charge < -0.3 is 15.2 Å². The fourth-order valence-corrected chi connectivity index (χ4v) is 8.94. The van der Waals surface area contributed by atoms with Crippen molar-refractivity contribution in [3.8, 4) is 0 Å². The Kier molecular flexibility index (Phi) is 7.89. The van der Waals surface area contributed by atoms with Gasteiger partial charge in [-0.1, -0.05) is 44.2 Å². The third-order valence-electron chi connectivity index (χ3n) is 11.1. The first kappa shape index (κ1) is 27.9. The molecule has 4 aliphatic carbocycles. The molecule has 0 spiro atoms. The number of ketones is 1. The highest BCUT2D eigenvalue weighted by molar-refractivity contribution is 5.86. The molecule has 1 amide bonds. The van der Waals surface area contributed by atoms with Gasteiger partial charge in [0.2, 0.25) is 5.91 Å². The fraction of sp³-hybridized carbons (Fsp3) is 0.688. The number of hydrogen-bond acceptors (Lipinski definition) is 5. The van der Waals surface area contributed by atoms with Crippen LogP contribution in [0.5, 0.6) is 0 Å². The average Bonchev–Trinajstić information content (AvgIpc) is 3.24. The number of amides is 1. The van der Waals surface area contributed by atoms with Crippen molar-refractivity contribution in [3.63, 3.8) is 0 Å². The largest absolute Gasteiger partial charge is 0.480 e. The highest BCUT2D eigenvalue weighted by Crippen LogP contribution is 2.66. The first-order valence-corrected chi connectivity index (χ1v) is 14.9. The molecule has 0 bridgehead atoms. The Morgan fingerprint density at radius 2 is 1.72 bits per heavy atom. The van der Waals surface area contributed by atoms with Crippen molar-refractivity contribution in [1.82, 2.24) is 5.32 Å². The summed E-state index contributed by atoms with van der Waals surface area (Å²) in [5.74, 6) is 0.841. The zero-order chi connectivity index (χ0) is 27.8. The van der Waals surface area contributed by atoms with Crippen LogP contribution in [-0.4, -0.2) is 40.9 Å². The quantitative estimate of drug-likeness (QED) is 0.447. The van der Waals surface area contributed by atoms with Gasteiger partial charge in [-0.3, -0.25) is 14.4 Å². The highest BCUT2D eigenvalue weighted by atomic mass is 16.5. The molecule has 0 aliphatic heterocycles. The van der Waals surface area contributed by atoms with Crippen molar-refractivity contribution in [2.45, 2.75) is 103 Å². The van der Waals surface area contributed by atoms with E-state index < -0.39 is 17.9 Å². The molecule has 0 unspecified atom stereocenters. The van der Waals surface area contributed by atoms with Crippen molar-refractivity contribution in [3.05, 3.63) is 35.9 Å². The summed E-state index contributed by atoms with van der Waals surface area (Å²) in [7, 11) is 0. The number of carboxylic acids is 1. The number of carboxylic acid groups (broad SMARTS) is 1. The summed E-state index contributed by atoms with van der Waals surface area (Å²) in [6.45, 7) is 4.74. The van der Waals surface area contributed by atoms with Crippen LogP contribution in [0.15, 0.2) is 30.3 Å². The predicted octanol–water partition coefficient (Wildman–Crippen LogP) is 5.10. The van der Waals surface area contributed by atoms with Crippen LogP contribution in [0.1, 0.15) is 90.0 Å². The van der Waals surface area contributed by atoms with E-state index in [1.807, 2.05) is 30.3 Å². The molecule has 1 aromatic rings. The normalized spacial score (nSPS) is 36.2. The van der Waals surface area contributed by atoms with E-state index in [0.29, 0.717) is 29.5 Å². The van der Waals surface area contributed by atoms with E-state index in [1.165, 1.54) is 6.42 Å². The van der Waals surface area contributed by atoms with E-state index >= 15 is 0 Å². The maximum Gasteiger partial charge on any atom is 0.326 e. The van der Waals surface area contributed by atoms with Gasteiger partial charge in [-0.05, 0) is 79.6 Å². The molecule has 39 heavy (non-hydrogen) atoms. The van der Waals surface area contributed by atoms with E-state index in [0.717, 1.165) is 56.9 Å². The van der Waals surface area contributed by atoms with E-state index in [-0.39, 0.29) is 42.2 Å². The minimum absolute atomic E-state index is 0.0448. The Morgan fingerprint density at radius 3 is 2.46 bits per heavy atom. The maximum atomic E-state index is 12.8. The number of carbonyl (C=O) groups excluding carboxylic acids is 3. The number of esters is 1. The third kappa shape index (κ3) is 5.51. The molecule has 1 aromatic carbocycles. The van der Waals surface area contributed by atoms with E-state index in [9.17, 15) is 24.3 Å². The standard InChI is InChI=1S/C32H43NO6/c1-31-16-14-22(34)19-21(31)8-9-23-24-10-11-27(32(24,2)17-15-25(23)31)39-29(36)13-12-28(35)33-26(30(37)38)18-20-6-4-3-5-7-20/h3-7,21,23-27H,8-19H2,1-2H3,(H,33,35)(H,37,38)/t21-,23+,24+,25+,26+,27+,31+,32+/m1/s1. The number of carbonyl (C=O) groups is 4. The van der Waals surface area contributed by atoms with Gasteiger partial charge in [0.1, 0.15) is 17.9 Å². The lowest BCUT2D eigenvalue weighted by Crippen LogP contribution is -2.54. The van der Waals surface area contributed by atoms with Gasteiger partial charge in [0.05, 0.1) is 6.42 Å². The predicted molar refractivity (Wildman–Crippen MR) is 146 cm³/mol. The van der Waals surface area contributed by atoms with Crippen LogP contribution in [0.2, 0.25) is 0 Å². The van der Waals surface area contributed by atoms with Crippen LogP contribution in [0, 0.1) is 34.5 Å². The summed E-state index contributed by atoms with van der Waals surface area (Å²) in [4.78, 5) is 49.2. The van der Waals surface area contributed by atoms with Gasteiger partial charge in [0.25, 0.3) is 0 Å². The lowest BCUT2D eigenvalue weighted by Gasteiger charge is -2.60. The second-order valence-electron chi connectivity index (χ2n) is 13.1. The summed E-state index contributed by atoms with van der Waals surface area (Å²) in [6, 6.07) is 8.12. The van der Waals surface area contributed by atoms with E-state index in [2.05, 4.69) is 19.2 Å². The Bertz CT molecular complexity index is 1100. The summed E-state index contributed by atoms with van der Waals surface area (Å²) in [5, 5.41) is 12.1. The molecule has 4 fully saturated rings. The minimum Gasteiger partial charge on any atom is -0.480 e. The van der Waals surface area contributed by atoms with Gasteiger partial charge in [-0.2, -0.15) is 0 Å². The number of rotatable bonds is 8. The summed E-state index contributed by atoms with van der Waals surface area (Å²) in [6.07, 6.45) is 8.82. The summed E-state index contributed by atoms with van der Waals surface area (Å²) in [5.41, 5.74) is 1.04. The summed E-state index contributed by atoms with van der Waals surface area (Å²) >= 11 is 0. The van der Waals surface area contributed by atoms with Gasteiger partial charge in [0.15, 0.2) is 0 Å². The Balaban J connectivity index is 1.14. The number of hydrogen-bond donors (Lipinski definition) is 2. The molecule has 8 atom stereocenters. The lowest BCUT2D eigenvalue weighted by molar-refractivity contribution is -0.164. The SMILES string of the molecule is C[C@]12CCC(=O)C[C@H]1CC[C@@H]1[C@@H]2CC[C@]2(C)[C@@H](OC(=O)CCC(=O)N[C@@H](Cc3ccccc3)C(=O)O)CC[C@@H]12. The molecule has 2 N–H and O–H groups in total. The first-order chi connectivity index (χ1) is 18.6. The van der Waals surface area contributed by atoms with Crippen LogP contribution < -0.4 is 5.32 Å². The van der Waals surface area contributed by atoms with Gasteiger partial charge in [-0.15, -0.1) is 0 Å². The Labute approximate surface area is 231 Å². The van der Waals surface area contributed by atoms with Crippen LogP contribution in [-0.2, 0) is 30.3 Å². The van der Waals surface area contributed by atoms with Crippen LogP contribution in [0.25, 0.3) is 0 Å². The second-order valence-corrected chi connectivity index (χ2v) is 13.1. The Hall–Kier alpha value is -2.70. The van der Waals surface area contributed by atoms with E-state index in [1.54, 1.807) is 0 Å². The molecule has 7 heteroatoms. The van der Waals surface area contributed by atoms with Gasteiger partial charge in [0, 0.05) is 31.1 Å². The number of aliphatic carboxylic acids is 1. The molecular formula is C32H43NO6. The number of Topliss-reactive ketones (excluding diaryl/α,β-unsaturated/α-hetero) is 1. The van der Waals surface area contributed by atoms with E-state index in [4.69, 9.17) is 4.74 Å². The number of fused-ring (bicyclic) bond motifs is 5. The molecule has 212 valence electrons. The second kappa shape index (κ2) is 11.1. The van der Waals surface area contributed by atoms with Crippen LogP contribution in [0.3, 0.4) is 0 Å². The minimum atomic E-state index is -1.10. The molecule has 7 nitrogen and oxygen atoms in total.